The van der Waals surface area contributed by atoms with Crippen molar-refractivity contribution in [3.63, 3.8) is 0 Å². The lowest BCUT2D eigenvalue weighted by Crippen LogP contribution is -2.48. The summed E-state index contributed by atoms with van der Waals surface area (Å²) in [6, 6.07) is 1.08. The second kappa shape index (κ2) is 8.02. The molecule has 0 spiro atoms. The van der Waals surface area contributed by atoms with Crippen molar-refractivity contribution in [2.24, 2.45) is 5.92 Å². The number of nitrogens with zero attached hydrogens (tertiary/aromatic N) is 1. The molecule has 0 aromatic carbocycles. The Balaban J connectivity index is 2.30. The molecule has 1 saturated heterocycles. The van der Waals surface area contributed by atoms with Crippen molar-refractivity contribution in [1.29, 1.82) is 0 Å². The van der Waals surface area contributed by atoms with Gasteiger partial charge in [-0.1, -0.05) is 20.3 Å². The van der Waals surface area contributed by atoms with Crippen molar-refractivity contribution in [1.82, 2.24) is 10.2 Å². The van der Waals surface area contributed by atoms with E-state index in [2.05, 4.69) is 26.1 Å². The Hall–Kier alpha value is -0.770. The molecule has 0 aromatic heterocycles. The Labute approximate surface area is 130 Å². The molecule has 0 aromatic rings. The summed E-state index contributed by atoms with van der Waals surface area (Å²) in [5, 5.41) is 3.71. The van der Waals surface area contributed by atoms with Crippen LogP contribution in [0.2, 0.25) is 0 Å². The number of hydrogen-bond acceptors (Lipinski definition) is 3. The maximum Gasteiger partial charge on any atom is 0.410 e. The average Bonchev–Trinajstić information content (AvgIpc) is 2.37. The van der Waals surface area contributed by atoms with Crippen LogP contribution >= 0.6 is 0 Å². The summed E-state index contributed by atoms with van der Waals surface area (Å²) in [6.07, 6.45) is 4.33. The highest BCUT2D eigenvalue weighted by Gasteiger charge is 2.27. The van der Waals surface area contributed by atoms with Crippen LogP contribution in [0.25, 0.3) is 0 Å². The number of hydrogen-bond donors (Lipinski definition) is 1. The van der Waals surface area contributed by atoms with Gasteiger partial charge in [-0.15, -0.1) is 0 Å². The molecule has 0 radical (unpaired) electrons. The van der Waals surface area contributed by atoms with E-state index >= 15 is 0 Å². The average molecular weight is 298 g/mol. The fourth-order valence-electron chi connectivity index (χ4n) is 2.80. The number of nitrogens with one attached hydrogen (secondary N) is 1. The van der Waals surface area contributed by atoms with Gasteiger partial charge >= 0.3 is 6.09 Å². The van der Waals surface area contributed by atoms with E-state index in [4.69, 9.17) is 4.74 Å². The van der Waals surface area contributed by atoms with Crippen LogP contribution < -0.4 is 5.32 Å². The van der Waals surface area contributed by atoms with Gasteiger partial charge in [-0.3, -0.25) is 0 Å². The summed E-state index contributed by atoms with van der Waals surface area (Å²) < 4.78 is 5.43. The summed E-state index contributed by atoms with van der Waals surface area (Å²) in [5.41, 5.74) is -0.406. The van der Waals surface area contributed by atoms with E-state index in [-0.39, 0.29) is 6.09 Å². The quantitative estimate of drug-likeness (QED) is 0.839. The Morgan fingerprint density at radius 2 is 1.86 bits per heavy atom. The molecule has 0 saturated carbocycles. The lowest BCUT2D eigenvalue weighted by molar-refractivity contribution is 0.0196. The summed E-state index contributed by atoms with van der Waals surface area (Å²) in [6.45, 7) is 14.2. The molecule has 0 aliphatic carbocycles. The van der Waals surface area contributed by atoms with Gasteiger partial charge in [0.25, 0.3) is 0 Å². The Kier molecular flexibility index (Phi) is 6.98. The summed E-state index contributed by atoms with van der Waals surface area (Å²) in [4.78, 5) is 13.8. The van der Waals surface area contributed by atoms with E-state index in [0.29, 0.717) is 12.1 Å². The Bertz CT molecular complexity index is 317. The summed E-state index contributed by atoms with van der Waals surface area (Å²) in [7, 11) is 0. The highest BCUT2D eigenvalue weighted by molar-refractivity contribution is 5.68. The first-order chi connectivity index (χ1) is 9.71. The maximum atomic E-state index is 12.0. The highest BCUT2D eigenvalue weighted by atomic mass is 16.6. The van der Waals surface area contributed by atoms with Crippen LogP contribution in [0, 0.1) is 5.92 Å². The molecule has 1 amide bonds. The minimum atomic E-state index is -0.406. The summed E-state index contributed by atoms with van der Waals surface area (Å²) in [5.74, 6) is 0.773. The van der Waals surface area contributed by atoms with E-state index in [1.54, 1.807) is 0 Å². The van der Waals surface area contributed by atoms with Gasteiger partial charge in [-0.2, -0.15) is 0 Å². The van der Waals surface area contributed by atoms with Crippen molar-refractivity contribution < 1.29 is 9.53 Å². The predicted molar refractivity (Wildman–Crippen MR) is 87.5 cm³/mol. The molecule has 1 N–H and O–H groups in total. The first kappa shape index (κ1) is 18.3. The largest absolute Gasteiger partial charge is 0.444 e. The third kappa shape index (κ3) is 7.16. The number of carbonyl (C=O) groups is 1. The monoisotopic (exact) mass is 298 g/mol. The smallest absolute Gasteiger partial charge is 0.410 e. The number of ether oxygens (including phenoxy) is 1. The fraction of sp³-hybridized carbons (Fsp3) is 0.941. The van der Waals surface area contributed by atoms with Gasteiger partial charge in [0, 0.05) is 25.2 Å². The molecule has 2 unspecified atom stereocenters. The molecule has 4 nitrogen and oxygen atoms in total. The molecular weight excluding hydrogens is 264 g/mol. The molecule has 1 aliphatic rings. The molecule has 2 atom stereocenters. The van der Waals surface area contributed by atoms with Gasteiger partial charge in [-0.25, -0.2) is 4.79 Å². The van der Waals surface area contributed by atoms with Gasteiger partial charge in [0.05, 0.1) is 0 Å². The number of carbonyl (C=O) groups excluding carboxylic acids is 1. The second-order valence-electron chi connectivity index (χ2n) is 7.56. The SMILES string of the molecule is CCC(C)CC(C)NC1CCN(C(=O)OC(C)(C)C)CC1. The van der Waals surface area contributed by atoms with Crippen LogP contribution in [0.4, 0.5) is 4.79 Å². The van der Waals surface area contributed by atoms with Gasteiger partial charge in [0.15, 0.2) is 0 Å². The van der Waals surface area contributed by atoms with Crippen LogP contribution in [0.1, 0.15) is 67.2 Å². The highest BCUT2D eigenvalue weighted by Crippen LogP contribution is 2.17. The zero-order valence-corrected chi connectivity index (χ0v) is 14.7. The van der Waals surface area contributed by atoms with Crippen LogP contribution in [0.5, 0.6) is 0 Å². The summed E-state index contributed by atoms with van der Waals surface area (Å²) >= 11 is 0. The Morgan fingerprint density at radius 3 is 2.33 bits per heavy atom. The minimum absolute atomic E-state index is 0.173. The molecule has 124 valence electrons. The molecule has 1 fully saturated rings. The van der Waals surface area contributed by atoms with Crippen molar-refractivity contribution >= 4 is 6.09 Å². The van der Waals surface area contributed by atoms with Crippen LogP contribution in [0.15, 0.2) is 0 Å². The predicted octanol–water partition coefficient (Wildman–Crippen LogP) is 3.80. The van der Waals surface area contributed by atoms with Gasteiger partial charge in [0.1, 0.15) is 5.60 Å². The van der Waals surface area contributed by atoms with Crippen molar-refractivity contribution in [3.8, 4) is 0 Å². The third-order valence-corrected chi connectivity index (χ3v) is 4.12. The molecule has 1 rings (SSSR count). The maximum absolute atomic E-state index is 12.0. The topological polar surface area (TPSA) is 41.6 Å². The van der Waals surface area contributed by atoms with Crippen LogP contribution in [0.3, 0.4) is 0 Å². The normalized spacial score (nSPS) is 20.2. The minimum Gasteiger partial charge on any atom is -0.444 e. The number of amides is 1. The molecule has 1 aliphatic heterocycles. The number of piperidine rings is 1. The molecular formula is C17H34N2O2. The van der Waals surface area contributed by atoms with Crippen LogP contribution in [-0.2, 0) is 4.74 Å². The zero-order chi connectivity index (χ0) is 16.0. The lowest BCUT2D eigenvalue weighted by atomic mass is 9.98. The standard InChI is InChI=1S/C17H34N2O2/c1-7-13(2)12-14(3)18-15-8-10-19(11-9-15)16(20)21-17(4,5)6/h13-15,18H,7-12H2,1-6H3. The first-order valence-electron chi connectivity index (χ1n) is 8.45. The molecule has 4 heteroatoms. The Morgan fingerprint density at radius 1 is 1.29 bits per heavy atom. The van der Waals surface area contributed by atoms with Crippen LogP contribution in [-0.4, -0.2) is 41.8 Å². The van der Waals surface area contributed by atoms with Gasteiger partial charge in [0.2, 0.25) is 0 Å². The molecule has 0 bridgehead atoms. The second-order valence-corrected chi connectivity index (χ2v) is 7.56. The van der Waals surface area contributed by atoms with Gasteiger partial charge < -0.3 is 15.0 Å². The molecule has 1 heterocycles. The van der Waals surface area contributed by atoms with Gasteiger partial charge in [-0.05, 0) is 52.9 Å². The van der Waals surface area contributed by atoms with E-state index < -0.39 is 5.60 Å². The number of likely N-dealkylation sites (tertiary alicyclic amines) is 1. The van der Waals surface area contributed by atoms with Crippen molar-refractivity contribution in [3.05, 3.63) is 0 Å². The van der Waals surface area contributed by atoms with E-state index in [1.165, 1.54) is 12.8 Å². The lowest BCUT2D eigenvalue weighted by Gasteiger charge is -2.35. The molecule has 21 heavy (non-hydrogen) atoms. The van der Waals surface area contributed by atoms with E-state index in [0.717, 1.165) is 31.8 Å². The van der Waals surface area contributed by atoms with Crippen molar-refractivity contribution in [2.75, 3.05) is 13.1 Å². The van der Waals surface area contributed by atoms with E-state index in [1.807, 2.05) is 25.7 Å². The van der Waals surface area contributed by atoms with E-state index in [9.17, 15) is 4.79 Å². The zero-order valence-electron chi connectivity index (χ0n) is 14.7. The first-order valence-corrected chi connectivity index (χ1v) is 8.45. The van der Waals surface area contributed by atoms with Crippen molar-refractivity contribution in [2.45, 2.75) is 84.9 Å². The third-order valence-electron chi connectivity index (χ3n) is 4.12. The number of rotatable bonds is 5. The fourth-order valence-corrected chi connectivity index (χ4v) is 2.80.